The number of hydrogen-bond donors (Lipinski definition) is 1. The fourth-order valence-electron chi connectivity index (χ4n) is 3.86. The number of hydrogen-bond acceptors (Lipinski definition) is 7. The number of esters is 1. The van der Waals surface area contributed by atoms with Gasteiger partial charge in [-0.3, -0.25) is 9.59 Å². The van der Waals surface area contributed by atoms with E-state index in [1.807, 2.05) is 0 Å². The maximum absolute atomic E-state index is 15.6. The molecule has 1 aromatic rings. The molecule has 0 radical (unpaired) electrons. The van der Waals surface area contributed by atoms with Crippen molar-refractivity contribution in [1.82, 2.24) is 5.32 Å². The number of isocyanates is 2. The standard InChI is InChI=1S/C24H10F23N3O5/c1-7-3-9(48-4-51)10(13(54)50-6-55-8(2)53)11(12(7)49-5-52)14(25,26)15(27,28)16(29,30)17(31,32)18(33,34)19(35,36)20(37,38)21(39,40)22(41,42)23(43,44)24(45,46)47/h3H,6H2,1-2H3,(H,50,54). The summed E-state index contributed by atoms with van der Waals surface area (Å²) in [6.07, 6.45) is -7.56. The molecular weight excluding hydrogens is 847 g/mol. The molecule has 0 atom stereocenters. The zero-order valence-electron chi connectivity index (χ0n) is 25.4. The summed E-state index contributed by atoms with van der Waals surface area (Å²) in [6.45, 7) is -0.721. The topological polar surface area (TPSA) is 114 Å². The zero-order chi connectivity index (χ0) is 44.2. The summed E-state index contributed by atoms with van der Waals surface area (Å²) in [5.41, 5.74) is -11.5. The van der Waals surface area contributed by atoms with Crippen LogP contribution in [0.25, 0.3) is 0 Å². The molecule has 55 heavy (non-hydrogen) atoms. The second-order valence-corrected chi connectivity index (χ2v) is 10.2. The Balaban J connectivity index is 4.31. The van der Waals surface area contributed by atoms with E-state index in [0.717, 1.165) is 0 Å². The highest BCUT2D eigenvalue weighted by molar-refractivity contribution is 6.03. The molecule has 31 heteroatoms. The molecule has 0 saturated heterocycles. The lowest BCUT2D eigenvalue weighted by molar-refractivity contribution is -0.479. The highest BCUT2D eigenvalue weighted by atomic mass is 19.4. The first-order valence-electron chi connectivity index (χ1n) is 12.7. The maximum Gasteiger partial charge on any atom is 0.460 e. The summed E-state index contributed by atoms with van der Waals surface area (Å²) >= 11 is 0. The van der Waals surface area contributed by atoms with Gasteiger partial charge in [0, 0.05) is 6.92 Å². The van der Waals surface area contributed by atoms with Crippen LogP contribution in [0, 0.1) is 6.92 Å². The Morgan fingerprint density at radius 3 is 1.27 bits per heavy atom. The maximum atomic E-state index is 15.6. The number of nitrogens with zero attached hydrogens (tertiary/aromatic N) is 2. The third-order valence-corrected chi connectivity index (χ3v) is 6.75. The SMILES string of the molecule is CC(=O)OCNC(=O)c1c(N=C=O)cc(C)c(N=C=O)c1C(F)(F)C(F)(F)C(F)(F)C(F)(F)C(F)(F)C(F)(F)C(F)(F)C(F)(F)C(F)(F)C(F)(F)C(F)(F)F. The molecule has 0 bridgehead atoms. The Bertz CT molecular complexity index is 1780. The number of rotatable bonds is 15. The Labute approximate surface area is 285 Å². The summed E-state index contributed by atoms with van der Waals surface area (Å²) in [7, 11) is 0. The van der Waals surface area contributed by atoms with Crippen LogP contribution < -0.4 is 5.32 Å². The van der Waals surface area contributed by atoms with Crippen LogP contribution in [0.3, 0.4) is 0 Å². The van der Waals surface area contributed by atoms with Gasteiger partial charge in [-0.25, -0.2) is 9.59 Å². The van der Waals surface area contributed by atoms with Gasteiger partial charge in [-0.1, -0.05) is 0 Å². The second-order valence-electron chi connectivity index (χ2n) is 10.2. The lowest BCUT2D eigenvalue weighted by atomic mass is 9.83. The quantitative estimate of drug-likeness (QED) is 0.0625. The van der Waals surface area contributed by atoms with E-state index in [1.165, 1.54) is 5.32 Å². The molecule has 312 valence electrons. The molecule has 1 N–H and O–H groups in total. The van der Waals surface area contributed by atoms with E-state index >= 15 is 17.6 Å². The lowest BCUT2D eigenvalue weighted by Gasteiger charge is -2.45. The first-order valence-corrected chi connectivity index (χ1v) is 12.7. The summed E-state index contributed by atoms with van der Waals surface area (Å²) in [6, 6.07) is 0.0708. The van der Waals surface area contributed by atoms with Crippen molar-refractivity contribution in [3.63, 3.8) is 0 Å². The first kappa shape index (κ1) is 48.3. The average molecular weight is 857 g/mol. The third-order valence-electron chi connectivity index (χ3n) is 6.75. The largest absolute Gasteiger partial charge is 0.460 e. The zero-order valence-corrected chi connectivity index (χ0v) is 25.4. The number of aliphatic imine (C=N–C) groups is 2. The van der Waals surface area contributed by atoms with E-state index in [-0.39, 0.29) is 12.1 Å². The predicted molar refractivity (Wildman–Crippen MR) is 125 cm³/mol. The molecule has 0 aliphatic carbocycles. The van der Waals surface area contributed by atoms with Gasteiger partial charge in [0.15, 0.2) is 6.73 Å². The van der Waals surface area contributed by atoms with Gasteiger partial charge in [0.25, 0.3) is 5.91 Å². The smallest absolute Gasteiger partial charge is 0.445 e. The van der Waals surface area contributed by atoms with Gasteiger partial charge in [-0.05, 0) is 18.6 Å². The van der Waals surface area contributed by atoms with E-state index in [4.69, 9.17) is 0 Å². The minimum atomic E-state index is -9.66. The van der Waals surface area contributed by atoms with E-state index in [0.29, 0.717) is 19.9 Å². The van der Waals surface area contributed by atoms with Gasteiger partial charge in [0.2, 0.25) is 12.2 Å². The monoisotopic (exact) mass is 857 g/mol. The minimum absolute atomic E-state index is 0.0708. The fraction of sp³-hybridized carbons (Fsp3) is 0.583. The molecule has 1 amide bonds. The third kappa shape index (κ3) is 6.81. The van der Waals surface area contributed by atoms with Crippen LogP contribution in [0.1, 0.15) is 28.4 Å². The Morgan fingerprint density at radius 1 is 0.600 bits per heavy atom. The summed E-state index contributed by atoms with van der Waals surface area (Å²) in [5.74, 6) is -95.2. The molecule has 8 nitrogen and oxygen atoms in total. The molecule has 1 rings (SSSR count). The number of aryl methyl sites for hydroxylation is 1. The molecule has 0 aliphatic rings. The number of nitrogens with one attached hydrogen (secondary N) is 1. The molecular formula is C24H10F23N3O5. The van der Waals surface area contributed by atoms with Crippen molar-refractivity contribution in [1.29, 1.82) is 0 Å². The van der Waals surface area contributed by atoms with Gasteiger partial charge in [-0.2, -0.15) is 111 Å². The number of ether oxygens (including phenoxy) is 1. The summed E-state index contributed by atoms with van der Waals surface area (Å²) < 4.78 is 326. The minimum Gasteiger partial charge on any atom is -0.445 e. The Hall–Kier alpha value is -4.69. The molecule has 0 fully saturated rings. The van der Waals surface area contributed by atoms with Crippen LogP contribution in [-0.4, -0.2) is 90.2 Å². The molecule has 0 spiro atoms. The van der Waals surface area contributed by atoms with Gasteiger partial charge >= 0.3 is 71.4 Å². The first-order chi connectivity index (χ1) is 24.1. The van der Waals surface area contributed by atoms with Crippen molar-refractivity contribution >= 4 is 35.4 Å². The molecule has 0 saturated carbocycles. The van der Waals surface area contributed by atoms with Crippen molar-refractivity contribution in [3.8, 4) is 0 Å². The van der Waals surface area contributed by atoms with Gasteiger partial charge < -0.3 is 10.1 Å². The van der Waals surface area contributed by atoms with Crippen LogP contribution in [0.15, 0.2) is 16.1 Å². The number of benzene rings is 1. The Morgan fingerprint density at radius 2 is 0.945 bits per heavy atom. The van der Waals surface area contributed by atoms with Crippen molar-refractivity contribution in [2.45, 2.75) is 79.2 Å². The normalized spacial score (nSPS) is 14.5. The van der Waals surface area contributed by atoms with E-state index in [1.54, 1.807) is 0 Å². The number of carbonyl (C=O) groups excluding carboxylic acids is 4. The lowest BCUT2D eigenvalue weighted by Crippen LogP contribution is -2.77. The van der Waals surface area contributed by atoms with Crippen molar-refractivity contribution in [3.05, 3.63) is 22.8 Å². The van der Waals surface area contributed by atoms with Crippen molar-refractivity contribution < 1.29 is 125 Å². The van der Waals surface area contributed by atoms with E-state index in [9.17, 15) is 103 Å². The molecule has 0 unspecified atom stereocenters. The Kier molecular flexibility index (Phi) is 12.4. The van der Waals surface area contributed by atoms with Crippen molar-refractivity contribution in [2.75, 3.05) is 6.73 Å². The highest BCUT2D eigenvalue weighted by Crippen LogP contribution is 2.68. The average Bonchev–Trinajstić information content (AvgIpc) is 3.00. The van der Waals surface area contributed by atoms with Crippen LogP contribution in [0.4, 0.5) is 112 Å². The van der Waals surface area contributed by atoms with E-state index < -0.39 is 112 Å². The number of amides is 1. The van der Waals surface area contributed by atoms with E-state index in [2.05, 4.69) is 14.7 Å². The molecule has 0 heterocycles. The predicted octanol–water partition coefficient (Wildman–Crippen LogP) is 8.55. The highest BCUT2D eigenvalue weighted by Gasteiger charge is 2.99. The van der Waals surface area contributed by atoms with Gasteiger partial charge in [-0.15, -0.1) is 0 Å². The number of halogens is 23. The van der Waals surface area contributed by atoms with Crippen LogP contribution >= 0.6 is 0 Å². The molecule has 1 aromatic carbocycles. The molecule has 0 aromatic heterocycles. The van der Waals surface area contributed by atoms with Crippen molar-refractivity contribution in [2.24, 2.45) is 9.98 Å². The van der Waals surface area contributed by atoms with Crippen LogP contribution in [0.5, 0.6) is 0 Å². The fourth-order valence-corrected chi connectivity index (χ4v) is 3.86. The summed E-state index contributed by atoms with van der Waals surface area (Å²) in [5, 5.41) is 1.17. The summed E-state index contributed by atoms with van der Waals surface area (Å²) in [4.78, 5) is 49.9. The number of carbonyl (C=O) groups is 2. The number of alkyl halides is 23. The van der Waals surface area contributed by atoms with Gasteiger partial charge in [0.05, 0.1) is 22.5 Å². The second kappa shape index (κ2) is 14.1. The van der Waals surface area contributed by atoms with Gasteiger partial charge in [0.1, 0.15) is 0 Å². The molecule has 0 aliphatic heterocycles. The van der Waals surface area contributed by atoms with Crippen LogP contribution in [-0.2, 0) is 25.0 Å². The van der Waals surface area contributed by atoms with Crippen LogP contribution in [0.2, 0.25) is 0 Å².